The molecule has 0 aliphatic carbocycles. The first-order valence-corrected chi connectivity index (χ1v) is 6.62. The number of nitrogens with zero attached hydrogens (tertiary/aromatic N) is 1. The van der Waals surface area contributed by atoms with Gasteiger partial charge >= 0.3 is 5.97 Å². The number of hydrogen-bond acceptors (Lipinski definition) is 6. The zero-order chi connectivity index (χ0) is 14.5. The van der Waals surface area contributed by atoms with Crippen LogP contribution < -0.4 is 9.47 Å². The Morgan fingerprint density at radius 3 is 2.55 bits per heavy atom. The van der Waals surface area contributed by atoms with E-state index in [9.17, 15) is 9.90 Å². The molecule has 0 bridgehead atoms. The molecule has 2 aromatic rings. The van der Waals surface area contributed by atoms with Crippen molar-refractivity contribution in [2.45, 2.75) is 6.10 Å². The van der Waals surface area contributed by atoms with Crippen LogP contribution in [0.5, 0.6) is 11.5 Å². The molecule has 6 heteroatoms. The molecule has 1 unspecified atom stereocenters. The third kappa shape index (κ3) is 3.23. The Kier molecular flexibility index (Phi) is 4.49. The van der Waals surface area contributed by atoms with Gasteiger partial charge in [-0.25, -0.2) is 9.78 Å². The summed E-state index contributed by atoms with van der Waals surface area (Å²) in [5, 5.41) is 12.0. The quantitative estimate of drug-likeness (QED) is 0.520. The molecule has 1 aromatic carbocycles. The summed E-state index contributed by atoms with van der Waals surface area (Å²) in [5.41, 5.74) is -0.0595. The van der Waals surface area contributed by atoms with Gasteiger partial charge < -0.3 is 14.6 Å². The second-order valence-corrected chi connectivity index (χ2v) is 4.79. The minimum absolute atomic E-state index is 0.0595. The molecule has 0 saturated carbocycles. The van der Waals surface area contributed by atoms with Crippen LogP contribution in [0.3, 0.4) is 0 Å². The molecule has 1 atom stereocenters. The lowest BCUT2D eigenvalue weighted by atomic mass is 10.2. The van der Waals surface area contributed by atoms with Gasteiger partial charge in [-0.15, -0.1) is 11.3 Å². The second kappa shape index (κ2) is 6.31. The van der Waals surface area contributed by atoms with E-state index in [0.29, 0.717) is 16.5 Å². The molecule has 1 N–H and O–H groups in total. The zero-order valence-electron chi connectivity index (χ0n) is 10.8. The molecule has 0 spiro atoms. The van der Waals surface area contributed by atoms with Crippen molar-refractivity contribution in [1.82, 2.24) is 4.98 Å². The van der Waals surface area contributed by atoms with E-state index in [1.54, 1.807) is 43.0 Å². The van der Waals surface area contributed by atoms with E-state index < -0.39 is 12.1 Å². The molecule has 2 rings (SSSR count). The van der Waals surface area contributed by atoms with Crippen molar-refractivity contribution in [2.75, 3.05) is 7.11 Å². The first-order chi connectivity index (χ1) is 9.61. The highest BCUT2D eigenvalue weighted by Crippen LogP contribution is 2.24. The number of hydrogen-bond donors (Lipinski definition) is 1. The Morgan fingerprint density at radius 1 is 1.35 bits per heavy atom. The fourth-order valence-electron chi connectivity index (χ4n) is 1.45. The Balaban J connectivity index is 2.02. The summed E-state index contributed by atoms with van der Waals surface area (Å²) in [4.78, 5) is 15.8. The third-order valence-corrected chi connectivity index (χ3v) is 3.38. The minimum atomic E-state index is -1.15. The number of aliphatic hydroxyl groups is 1. The van der Waals surface area contributed by atoms with Gasteiger partial charge in [0.1, 0.15) is 22.6 Å². The summed E-state index contributed by atoms with van der Waals surface area (Å²) in [6, 6.07) is 6.53. The van der Waals surface area contributed by atoms with Gasteiger partial charge in [-0.3, -0.25) is 0 Å². The van der Waals surface area contributed by atoms with Crippen molar-refractivity contribution in [3.05, 3.63) is 53.0 Å². The fourth-order valence-corrected chi connectivity index (χ4v) is 2.10. The summed E-state index contributed by atoms with van der Waals surface area (Å²) >= 11 is 1.24. The van der Waals surface area contributed by atoms with Gasteiger partial charge in [0.05, 0.1) is 12.7 Å². The van der Waals surface area contributed by atoms with Crippen LogP contribution in [-0.2, 0) is 4.79 Å². The summed E-state index contributed by atoms with van der Waals surface area (Å²) in [6.07, 6.45) is 0.395. The number of aliphatic hydroxyl groups excluding tert-OH is 1. The number of aromatic nitrogens is 1. The fraction of sp³-hybridized carbons (Fsp3) is 0.143. The lowest BCUT2D eigenvalue weighted by Gasteiger charge is -2.11. The Morgan fingerprint density at radius 2 is 2.00 bits per heavy atom. The number of carbonyl (C=O) groups is 1. The van der Waals surface area contributed by atoms with Crippen molar-refractivity contribution in [3.63, 3.8) is 0 Å². The van der Waals surface area contributed by atoms with E-state index in [4.69, 9.17) is 9.47 Å². The maximum absolute atomic E-state index is 11.9. The van der Waals surface area contributed by atoms with Crippen LogP contribution >= 0.6 is 11.3 Å². The molecule has 20 heavy (non-hydrogen) atoms. The highest BCUT2D eigenvalue weighted by atomic mass is 32.1. The van der Waals surface area contributed by atoms with Crippen molar-refractivity contribution < 1.29 is 19.4 Å². The van der Waals surface area contributed by atoms with Gasteiger partial charge in [-0.1, -0.05) is 6.58 Å². The van der Waals surface area contributed by atoms with Crippen molar-refractivity contribution in [1.29, 1.82) is 0 Å². The van der Waals surface area contributed by atoms with Crippen LogP contribution in [0.25, 0.3) is 0 Å². The van der Waals surface area contributed by atoms with Gasteiger partial charge in [0.25, 0.3) is 0 Å². The average Bonchev–Trinajstić information content (AvgIpc) is 3.00. The van der Waals surface area contributed by atoms with E-state index in [2.05, 4.69) is 11.6 Å². The highest BCUT2D eigenvalue weighted by Gasteiger charge is 2.22. The molecule has 0 fully saturated rings. The molecule has 0 radical (unpaired) electrons. The molecular formula is C14H13NO4S. The standard InChI is InChI=1S/C14H13NO4S/c1-9(12(16)13-15-7-8-20-13)14(17)19-11-5-3-10(18-2)4-6-11/h3-8,12,16H,1H2,2H3. The lowest BCUT2D eigenvalue weighted by Crippen LogP contribution is -2.16. The van der Waals surface area contributed by atoms with E-state index in [-0.39, 0.29) is 5.57 Å². The summed E-state index contributed by atoms with van der Waals surface area (Å²) < 4.78 is 10.1. The largest absolute Gasteiger partial charge is 0.497 e. The second-order valence-electron chi connectivity index (χ2n) is 3.86. The maximum Gasteiger partial charge on any atom is 0.341 e. The highest BCUT2D eigenvalue weighted by molar-refractivity contribution is 7.09. The molecule has 0 amide bonds. The summed E-state index contributed by atoms with van der Waals surface area (Å²) in [5.74, 6) is 0.313. The first-order valence-electron chi connectivity index (χ1n) is 5.74. The van der Waals surface area contributed by atoms with Crippen LogP contribution in [0.4, 0.5) is 0 Å². The van der Waals surface area contributed by atoms with E-state index >= 15 is 0 Å². The Bertz CT molecular complexity index is 592. The summed E-state index contributed by atoms with van der Waals surface area (Å²) in [7, 11) is 1.55. The maximum atomic E-state index is 11.9. The number of esters is 1. The number of thiazole rings is 1. The van der Waals surface area contributed by atoms with Crippen LogP contribution in [0.2, 0.25) is 0 Å². The lowest BCUT2D eigenvalue weighted by molar-refractivity contribution is -0.131. The van der Waals surface area contributed by atoms with E-state index in [1.165, 1.54) is 11.3 Å². The van der Waals surface area contributed by atoms with Gasteiger partial charge in [0.15, 0.2) is 0 Å². The van der Waals surface area contributed by atoms with E-state index in [1.807, 2.05) is 0 Å². The Hall–Kier alpha value is -2.18. The molecule has 1 aromatic heterocycles. The number of benzene rings is 1. The summed E-state index contributed by atoms with van der Waals surface area (Å²) in [6.45, 7) is 3.56. The number of carbonyl (C=O) groups excluding carboxylic acids is 1. The minimum Gasteiger partial charge on any atom is -0.497 e. The van der Waals surface area contributed by atoms with Crippen molar-refractivity contribution in [2.24, 2.45) is 0 Å². The monoisotopic (exact) mass is 291 g/mol. The molecule has 0 saturated heterocycles. The van der Waals surface area contributed by atoms with Crippen LogP contribution in [0.1, 0.15) is 11.1 Å². The Labute approximate surface area is 120 Å². The topological polar surface area (TPSA) is 68.7 Å². The first kappa shape index (κ1) is 14.2. The number of rotatable bonds is 5. The molecule has 0 aliphatic rings. The third-order valence-electron chi connectivity index (χ3n) is 2.55. The average molecular weight is 291 g/mol. The smallest absolute Gasteiger partial charge is 0.341 e. The van der Waals surface area contributed by atoms with Crippen LogP contribution in [0.15, 0.2) is 48.0 Å². The molecular weight excluding hydrogens is 278 g/mol. The van der Waals surface area contributed by atoms with Gasteiger partial charge in [0.2, 0.25) is 0 Å². The van der Waals surface area contributed by atoms with Crippen molar-refractivity contribution >= 4 is 17.3 Å². The van der Waals surface area contributed by atoms with Crippen molar-refractivity contribution in [3.8, 4) is 11.5 Å². The predicted octanol–water partition coefficient (Wildman–Crippen LogP) is 2.35. The number of ether oxygens (including phenoxy) is 2. The zero-order valence-corrected chi connectivity index (χ0v) is 11.6. The molecule has 104 valence electrons. The number of methoxy groups -OCH3 is 1. The SMILES string of the molecule is C=C(C(=O)Oc1ccc(OC)cc1)C(O)c1nccs1. The normalized spacial score (nSPS) is 11.7. The molecule has 1 heterocycles. The van der Waals surface area contributed by atoms with Gasteiger partial charge in [-0.2, -0.15) is 0 Å². The van der Waals surface area contributed by atoms with E-state index in [0.717, 1.165) is 0 Å². The van der Waals surface area contributed by atoms with Gasteiger partial charge in [-0.05, 0) is 24.3 Å². The molecule has 0 aliphatic heterocycles. The predicted molar refractivity (Wildman–Crippen MR) is 74.8 cm³/mol. The van der Waals surface area contributed by atoms with Crippen LogP contribution in [-0.4, -0.2) is 23.2 Å². The van der Waals surface area contributed by atoms with Crippen LogP contribution in [0, 0.1) is 0 Å². The van der Waals surface area contributed by atoms with Gasteiger partial charge in [0, 0.05) is 11.6 Å². The molecule has 5 nitrogen and oxygen atoms in total.